The predicted octanol–water partition coefficient (Wildman–Crippen LogP) is 4.58. The molecule has 0 aromatic heterocycles. The molecule has 0 aliphatic rings. The van der Waals surface area contributed by atoms with Crippen molar-refractivity contribution >= 4 is 48.0 Å². The van der Waals surface area contributed by atoms with E-state index in [0.29, 0.717) is 10.6 Å². The number of hydrogen-bond acceptors (Lipinski definition) is 1. The minimum atomic E-state index is -1.62. The summed E-state index contributed by atoms with van der Waals surface area (Å²) in [7, 11) is 14.8. The van der Waals surface area contributed by atoms with Gasteiger partial charge in [0, 0.05) is 0 Å². The number of halogens is 4. The van der Waals surface area contributed by atoms with Crippen molar-refractivity contribution in [3.05, 3.63) is 41.0 Å². The Morgan fingerprint density at radius 3 is 1.86 bits per heavy atom. The topological polar surface area (TPSA) is 50.6 Å². The van der Waals surface area contributed by atoms with Gasteiger partial charge < -0.3 is 10.9 Å². The van der Waals surface area contributed by atoms with Crippen LogP contribution in [0.25, 0.3) is 6.15 Å². The van der Waals surface area contributed by atoms with E-state index in [2.05, 4.69) is 0 Å². The van der Waals surface area contributed by atoms with Crippen LogP contribution in [-0.2, 0) is 16.2 Å². The molecule has 0 radical (unpaired) electrons. The Labute approximate surface area is 105 Å². The van der Waals surface area contributed by atoms with Gasteiger partial charge in [0.2, 0.25) is 0 Å². The van der Waals surface area contributed by atoms with Gasteiger partial charge >= 0.3 is 41.5 Å². The number of hydrogen-bond donors (Lipinski definition) is 0. The third kappa shape index (κ3) is 9.11. The number of benzene rings is 1. The van der Waals surface area contributed by atoms with Crippen LogP contribution in [0.3, 0.4) is 0 Å². The van der Waals surface area contributed by atoms with Crippen molar-refractivity contribution in [3.63, 3.8) is 0 Å². The van der Waals surface area contributed by atoms with Crippen molar-refractivity contribution in [3.8, 4) is 0 Å². The number of rotatable bonds is 1. The van der Waals surface area contributed by atoms with E-state index in [9.17, 15) is 4.79 Å². The quantitative estimate of drug-likeness (QED) is 0.700. The Bertz CT molecular complexity index is 269. The molecule has 0 fully saturated rings. The molecule has 1 aromatic carbocycles. The van der Waals surface area contributed by atoms with Crippen molar-refractivity contribution in [2.75, 3.05) is 0 Å². The molecule has 2 nitrogen and oxygen atoms in total. The Kier molecular flexibility index (Phi) is 12.2. The Morgan fingerprint density at radius 1 is 1.14 bits per heavy atom. The van der Waals surface area contributed by atoms with Gasteiger partial charge in [0.15, 0.2) is 0 Å². The summed E-state index contributed by atoms with van der Waals surface area (Å²) < 4.78 is 0. The van der Waals surface area contributed by atoms with E-state index in [0.717, 1.165) is 0 Å². The number of nitrogens with two attached hydrogens (primary N) is 1. The van der Waals surface area contributed by atoms with Gasteiger partial charge in [-0.15, -0.1) is 17.7 Å². The Hall–Kier alpha value is 0.542. The maximum Gasteiger partial charge on any atom is -0.693 e. The maximum atomic E-state index is 10.0. The van der Waals surface area contributed by atoms with Gasteiger partial charge in [0.1, 0.15) is 0 Å². The first-order chi connectivity index (χ1) is 6.07. The first kappa shape index (κ1) is 17.0. The van der Waals surface area contributed by atoms with E-state index in [1.165, 1.54) is 0 Å². The van der Waals surface area contributed by atoms with Crippen molar-refractivity contribution in [2.24, 2.45) is 0 Å². The van der Waals surface area contributed by atoms with Gasteiger partial charge in [0.25, 0.3) is 0 Å². The molecule has 0 saturated carbocycles. The van der Waals surface area contributed by atoms with Crippen LogP contribution in [0.15, 0.2) is 24.3 Å². The SMILES string of the molecule is O=[C-]c1ccccc1Cl.[Cl][Cr]([Cl])[Cl].[NH2-]. The second-order valence-electron chi connectivity index (χ2n) is 1.76. The number of carbonyl (C=O) groups excluding carboxylic acids is 1. The molecule has 81 valence electrons. The fourth-order valence-corrected chi connectivity index (χ4v) is 0.718. The van der Waals surface area contributed by atoms with E-state index in [-0.39, 0.29) is 6.15 Å². The van der Waals surface area contributed by atoms with Crippen LogP contribution < -0.4 is 0 Å². The predicted molar refractivity (Wildman–Crippen MR) is 59.1 cm³/mol. The van der Waals surface area contributed by atoms with Crippen molar-refractivity contribution in [1.82, 2.24) is 0 Å². The second kappa shape index (κ2) is 10.1. The van der Waals surface area contributed by atoms with Crippen molar-refractivity contribution in [2.45, 2.75) is 0 Å². The molecule has 2 N–H and O–H groups in total. The molecule has 0 atom stereocenters. The van der Waals surface area contributed by atoms with Crippen LogP contribution in [-0.4, -0.2) is 6.29 Å². The summed E-state index contributed by atoms with van der Waals surface area (Å²) in [6.45, 7) is 0. The molecular weight excluding hydrogens is 308 g/mol. The summed E-state index contributed by atoms with van der Waals surface area (Å²) in [5, 5.41) is 0.451. The van der Waals surface area contributed by atoms with E-state index in [4.69, 9.17) is 41.7 Å². The van der Waals surface area contributed by atoms with Crippen molar-refractivity contribution < 1.29 is 16.2 Å². The first-order valence-corrected chi connectivity index (χ1v) is 8.57. The van der Waals surface area contributed by atoms with Crippen LogP contribution in [0.2, 0.25) is 5.02 Å². The fourth-order valence-electron chi connectivity index (χ4n) is 0.544. The van der Waals surface area contributed by atoms with Crippen LogP contribution in [0.1, 0.15) is 5.56 Å². The van der Waals surface area contributed by atoms with E-state index >= 15 is 0 Å². The van der Waals surface area contributed by atoms with Crippen LogP contribution in [0.5, 0.6) is 0 Å². The van der Waals surface area contributed by atoms with Gasteiger partial charge in [-0.2, -0.15) is 17.7 Å². The van der Waals surface area contributed by atoms with Gasteiger partial charge in [-0.05, 0) is 0 Å². The molecule has 14 heavy (non-hydrogen) atoms. The van der Waals surface area contributed by atoms with E-state index in [1.807, 2.05) is 0 Å². The molecule has 0 aliphatic carbocycles. The molecule has 7 heteroatoms. The zero-order valence-electron chi connectivity index (χ0n) is 6.72. The standard InChI is InChI=1S/C7H4ClO.3ClH.Cr.H2N/c8-7-4-2-1-3-6(7)5-9;;;;;/h1-4H;3*1H;;1H2/q-1;;;;+3;-1/p-3. The third-order valence-corrected chi connectivity index (χ3v) is 1.31. The molecule has 0 spiro atoms. The summed E-state index contributed by atoms with van der Waals surface area (Å²) in [5.41, 5.74) is 0.416. The molecule has 0 aliphatic heterocycles. The summed E-state index contributed by atoms with van der Waals surface area (Å²) in [6.07, 6.45) is 1.71. The Balaban J connectivity index is 0. The summed E-state index contributed by atoms with van der Waals surface area (Å²) in [6, 6.07) is 6.78. The van der Waals surface area contributed by atoms with E-state index < -0.39 is 11.4 Å². The first-order valence-electron chi connectivity index (χ1n) is 2.93. The largest absolute Gasteiger partial charge is 0.693 e. The zero-order chi connectivity index (χ0) is 10.3. The zero-order valence-corrected chi connectivity index (χ0v) is 11.0. The fraction of sp³-hybridized carbons (Fsp3) is 0. The van der Waals surface area contributed by atoms with Gasteiger partial charge in [-0.25, -0.2) is 0 Å². The van der Waals surface area contributed by atoms with Crippen LogP contribution >= 0.6 is 41.7 Å². The molecule has 0 amide bonds. The minimum Gasteiger partial charge on any atom is -0.693 e. The molecule has 0 saturated heterocycles. The molecule has 1 aromatic rings. The molecule has 1 rings (SSSR count). The molecular formula is C7H6Cl4CrNO-2. The average molecular weight is 314 g/mol. The average Bonchev–Trinajstić information content (AvgIpc) is 2.04. The molecule has 0 bridgehead atoms. The smallest absolute Gasteiger partial charge is 0.693 e. The summed E-state index contributed by atoms with van der Waals surface area (Å²) in [4.78, 5) is 10.0. The third-order valence-electron chi connectivity index (χ3n) is 0.984. The Morgan fingerprint density at radius 2 is 1.57 bits per heavy atom. The van der Waals surface area contributed by atoms with Crippen molar-refractivity contribution in [1.29, 1.82) is 0 Å². The van der Waals surface area contributed by atoms with Crippen LogP contribution in [0, 0.1) is 0 Å². The summed E-state index contributed by atoms with van der Waals surface area (Å²) >= 11 is 3.94. The summed E-state index contributed by atoms with van der Waals surface area (Å²) in [5.74, 6) is 0. The second-order valence-corrected chi connectivity index (χ2v) is 8.48. The maximum absolute atomic E-state index is 10.0. The van der Waals surface area contributed by atoms with Crippen LogP contribution in [0.4, 0.5) is 0 Å². The minimum absolute atomic E-state index is 0. The van der Waals surface area contributed by atoms with Gasteiger partial charge in [-0.1, -0.05) is 11.1 Å². The normalized spacial score (nSPS) is 8.36. The van der Waals surface area contributed by atoms with Gasteiger partial charge in [0.05, 0.1) is 6.29 Å². The molecule has 0 unspecified atom stereocenters. The van der Waals surface area contributed by atoms with E-state index in [1.54, 1.807) is 30.6 Å². The van der Waals surface area contributed by atoms with Gasteiger partial charge in [-0.3, -0.25) is 0 Å². The monoisotopic (exact) mass is 312 g/mol. The molecule has 0 heterocycles.